The van der Waals surface area contributed by atoms with Gasteiger partial charge in [0.15, 0.2) is 0 Å². The Hall–Kier alpha value is -2.62. The second-order valence-corrected chi connectivity index (χ2v) is 5.74. The van der Waals surface area contributed by atoms with Gasteiger partial charge in [-0.05, 0) is 37.6 Å². The molecule has 0 bridgehead atoms. The van der Waals surface area contributed by atoms with Gasteiger partial charge >= 0.3 is 5.97 Å². The van der Waals surface area contributed by atoms with Crippen LogP contribution in [0.4, 0.5) is 5.69 Å². The number of hydrogen-bond donors (Lipinski definition) is 1. The minimum Gasteiger partial charge on any atom is -0.480 e. The summed E-state index contributed by atoms with van der Waals surface area (Å²) >= 11 is 0. The second kappa shape index (κ2) is 5.30. The standard InChI is InChI=1S/C18H17NO3/c1-11-7-12(2)9-14(8-11)17(20)19-15-6-4-3-5-13(15)10-16(19)18(21)22/h3-9,16H,10H2,1-2H3,(H,21,22). The Bertz CT molecular complexity index is 746. The summed E-state index contributed by atoms with van der Waals surface area (Å²) in [4.78, 5) is 25.9. The second-order valence-electron chi connectivity index (χ2n) is 5.74. The van der Waals surface area contributed by atoms with Crippen molar-refractivity contribution < 1.29 is 14.7 Å². The molecule has 0 fully saturated rings. The van der Waals surface area contributed by atoms with Crippen molar-refractivity contribution in [1.29, 1.82) is 0 Å². The third kappa shape index (κ3) is 2.37. The molecule has 1 unspecified atom stereocenters. The van der Waals surface area contributed by atoms with Gasteiger partial charge in [0.2, 0.25) is 0 Å². The normalized spacial score (nSPS) is 16.5. The molecule has 1 aliphatic rings. The van der Waals surface area contributed by atoms with Crippen LogP contribution >= 0.6 is 0 Å². The van der Waals surface area contributed by atoms with Gasteiger partial charge in [-0.1, -0.05) is 35.4 Å². The van der Waals surface area contributed by atoms with Crippen LogP contribution in [0.15, 0.2) is 42.5 Å². The summed E-state index contributed by atoms with van der Waals surface area (Å²) < 4.78 is 0. The highest BCUT2D eigenvalue weighted by Gasteiger charge is 2.38. The van der Waals surface area contributed by atoms with E-state index in [0.717, 1.165) is 16.7 Å². The molecule has 0 saturated heterocycles. The molecule has 4 heteroatoms. The molecular formula is C18H17NO3. The van der Waals surface area contributed by atoms with Crippen molar-refractivity contribution in [3.63, 3.8) is 0 Å². The van der Waals surface area contributed by atoms with Crippen LogP contribution in [0.25, 0.3) is 0 Å². The smallest absolute Gasteiger partial charge is 0.327 e. The Morgan fingerprint density at radius 2 is 1.73 bits per heavy atom. The van der Waals surface area contributed by atoms with Crippen molar-refractivity contribution in [2.45, 2.75) is 26.3 Å². The number of aryl methyl sites for hydroxylation is 2. The van der Waals surface area contributed by atoms with Crippen molar-refractivity contribution in [1.82, 2.24) is 0 Å². The summed E-state index contributed by atoms with van der Waals surface area (Å²) in [5, 5.41) is 9.47. The topological polar surface area (TPSA) is 57.6 Å². The fourth-order valence-electron chi connectivity index (χ4n) is 3.07. The van der Waals surface area contributed by atoms with Gasteiger partial charge in [-0.3, -0.25) is 9.69 Å². The third-order valence-electron chi connectivity index (χ3n) is 3.95. The zero-order valence-electron chi connectivity index (χ0n) is 12.5. The van der Waals surface area contributed by atoms with Gasteiger partial charge in [0.05, 0.1) is 0 Å². The first-order valence-corrected chi connectivity index (χ1v) is 7.20. The van der Waals surface area contributed by atoms with Crippen molar-refractivity contribution in [3.8, 4) is 0 Å². The van der Waals surface area contributed by atoms with Crippen molar-refractivity contribution >= 4 is 17.6 Å². The van der Waals surface area contributed by atoms with Crippen LogP contribution in [0.3, 0.4) is 0 Å². The molecule has 1 N–H and O–H groups in total. The summed E-state index contributed by atoms with van der Waals surface area (Å²) in [6.45, 7) is 3.85. The minimum atomic E-state index is -0.978. The monoisotopic (exact) mass is 295 g/mol. The fraction of sp³-hybridized carbons (Fsp3) is 0.222. The van der Waals surface area contributed by atoms with Crippen LogP contribution in [-0.4, -0.2) is 23.0 Å². The highest BCUT2D eigenvalue weighted by Crippen LogP contribution is 2.33. The molecule has 1 heterocycles. The average Bonchev–Trinajstić information content (AvgIpc) is 2.85. The zero-order valence-corrected chi connectivity index (χ0v) is 12.5. The van der Waals surface area contributed by atoms with E-state index in [4.69, 9.17) is 0 Å². The van der Waals surface area contributed by atoms with E-state index in [0.29, 0.717) is 17.7 Å². The lowest BCUT2D eigenvalue weighted by atomic mass is 10.1. The first-order chi connectivity index (χ1) is 10.5. The maximum absolute atomic E-state index is 12.9. The van der Waals surface area contributed by atoms with Gasteiger partial charge < -0.3 is 5.11 Å². The summed E-state index contributed by atoms with van der Waals surface area (Å²) in [5.41, 5.74) is 4.09. The number of hydrogen-bond acceptors (Lipinski definition) is 2. The Morgan fingerprint density at radius 3 is 2.36 bits per heavy atom. The number of aliphatic carboxylic acids is 1. The van der Waals surface area contributed by atoms with Crippen LogP contribution in [0.5, 0.6) is 0 Å². The maximum atomic E-state index is 12.9. The van der Waals surface area contributed by atoms with Crippen molar-refractivity contribution in [3.05, 3.63) is 64.7 Å². The van der Waals surface area contributed by atoms with E-state index in [2.05, 4.69) is 0 Å². The van der Waals surface area contributed by atoms with E-state index in [1.54, 1.807) is 18.2 Å². The number of carboxylic acids is 1. The SMILES string of the molecule is Cc1cc(C)cc(C(=O)N2c3ccccc3CC2C(=O)O)c1. The minimum absolute atomic E-state index is 0.260. The molecule has 22 heavy (non-hydrogen) atoms. The number of carbonyl (C=O) groups is 2. The molecule has 4 nitrogen and oxygen atoms in total. The lowest BCUT2D eigenvalue weighted by molar-refractivity contribution is -0.138. The number of carbonyl (C=O) groups excluding carboxylic acids is 1. The van der Waals surface area contributed by atoms with Crippen molar-refractivity contribution in [2.75, 3.05) is 4.90 Å². The lowest BCUT2D eigenvalue weighted by Gasteiger charge is -2.23. The van der Waals surface area contributed by atoms with Gasteiger partial charge in [-0.15, -0.1) is 0 Å². The van der Waals surface area contributed by atoms with Gasteiger partial charge in [0.25, 0.3) is 5.91 Å². The molecule has 0 aliphatic carbocycles. The molecular weight excluding hydrogens is 278 g/mol. The van der Waals surface area contributed by atoms with Crippen LogP contribution in [0, 0.1) is 13.8 Å². The number of nitrogens with zero attached hydrogens (tertiary/aromatic N) is 1. The molecule has 3 rings (SSSR count). The van der Waals surface area contributed by atoms with Crippen LogP contribution in [0.2, 0.25) is 0 Å². The molecule has 1 amide bonds. The number of fused-ring (bicyclic) bond motifs is 1. The first-order valence-electron chi connectivity index (χ1n) is 7.20. The van der Waals surface area contributed by atoms with Crippen LogP contribution in [0.1, 0.15) is 27.0 Å². The highest BCUT2D eigenvalue weighted by atomic mass is 16.4. The number of anilines is 1. The van der Waals surface area contributed by atoms with E-state index in [-0.39, 0.29) is 5.91 Å². The van der Waals surface area contributed by atoms with E-state index >= 15 is 0 Å². The number of rotatable bonds is 2. The summed E-state index contributed by atoms with van der Waals surface area (Å²) in [5.74, 6) is -1.24. The summed E-state index contributed by atoms with van der Waals surface area (Å²) in [6.07, 6.45) is 0.349. The van der Waals surface area contributed by atoms with E-state index in [1.807, 2.05) is 38.1 Å². The molecule has 2 aromatic carbocycles. The molecule has 0 radical (unpaired) electrons. The predicted octanol–water partition coefficient (Wildman–Crippen LogP) is 2.96. The maximum Gasteiger partial charge on any atom is 0.327 e. The number of amides is 1. The molecule has 2 aromatic rings. The quantitative estimate of drug-likeness (QED) is 0.926. The lowest BCUT2D eigenvalue weighted by Crippen LogP contribution is -2.42. The third-order valence-corrected chi connectivity index (χ3v) is 3.95. The highest BCUT2D eigenvalue weighted by molar-refractivity contribution is 6.11. The van der Waals surface area contributed by atoms with E-state index < -0.39 is 12.0 Å². The molecule has 0 saturated carbocycles. The molecule has 0 aromatic heterocycles. The molecule has 0 spiro atoms. The number of carboxylic acid groups (broad SMARTS) is 1. The Kier molecular flexibility index (Phi) is 3.45. The van der Waals surface area contributed by atoms with E-state index in [1.165, 1.54) is 4.90 Å². The molecule has 1 aliphatic heterocycles. The molecule has 1 atom stereocenters. The van der Waals surface area contributed by atoms with Gasteiger partial charge in [-0.2, -0.15) is 0 Å². The molecule has 112 valence electrons. The largest absolute Gasteiger partial charge is 0.480 e. The zero-order chi connectivity index (χ0) is 15.9. The summed E-state index contributed by atoms with van der Waals surface area (Å²) in [6, 6.07) is 12.1. The Labute approximate surface area is 129 Å². The van der Waals surface area contributed by atoms with Crippen LogP contribution < -0.4 is 4.90 Å². The predicted molar refractivity (Wildman–Crippen MR) is 84.3 cm³/mol. The van der Waals surface area contributed by atoms with Gasteiger partial charge in [0.1, 0.15) is 6.04 Å². The fourth-order valence-corrected chi connectivity index (χ4v) is 3.07. The number of para-hydroxylation sites is 1. The van der Waals surface area contributed by atoms with Crippen molar-refractivity contribution in [2.24, 2.45) is 0 Å². The van der Waals surface area contributed by atoms with Gasteiger partial charge in [-0.25, -0.2) is 4.79 Å². The van der Waals surface area contributed by atoms with E-state index in [9.17, 15) is 14.7 Å². The average molecular weight is 295 g/mol. The number of benzene rings is 2. The summed E-state index contributed by atoms with van der Waals surface area (Å²) in [7, 11) is 0. The van der Waals surface area contributed by atoms with Gasteiger partial charge in [0, 0.05) is 17.7 Å². The van der Waals surface area contributed by atoms with Crippen LogP contribution in [-0.2, 0) is 11.2 Å². The Balaban J connectivity index is 2.07. The first kappa shape index (κ1) is 14.3. The Morgan fingerprint density at radius 1 is 1.09 bits per heavy atom.